The van der Waals surface area contributed by atoms with Crippen molar-refractivity contribution in [1.29, 1.82) is 0 Å². The first-order valence-electron chi connectivity index (χ1n) is 5.29. The highest BCUT2D eigenvalue weighted by atomic mass is 16.5. The Morgan fingerprint density at radius 2 is 2.31 bits per heavy atom. The molecule has 0 unspecified atom stereocenters. The van der Waals surface area contributed by atoms with Gasteiger partial charge in [-0.05, 0) is 13.8 Å². The van der Waals surface area contributed by atoms with E-state index in [1.165, 1.54) is 0 Å². The summed E-state index contributed by atoms with van der Waals surface area (Å²) in [4.78, 5) is 4.17. The second-order valence-corrected chi connectivity index (χ2v) is 3.52. The Kier molecular flexibility index (Phi) is 3.31. The standard InChI is InChI=1S/C10H15N5O/c1-3-15-10(12-7-13-15)6-11-5-9-4-8(2)16-14-9/h4,7,11H,3,5-6H2,1-2H3. The molecule has 86 valence electrons. The van der Waals surface area contributed by atoms with Crippen molar-refractivity contribution in [3.63, 3.8) is 0 Å². The fraction of sp³-hybridized carbons (Fsp3) is 0.500. The van der Waals surface area contributed by atoms with E-state index in [4.69, 9.17) is 4.52 Å². The molecule has 0 aliphatic heterocycles. The molecule has 6 heteroatoms. The Morgan fingerprint density at radius 3 is 3.00 bits per heavy atom. The van der Waals surface area contributed by atoms with Crippen LogP contribution in [0.4, 0.5) is 0 Å². The lowest BCUT2D eigenvalue weighted by Gasteiger charge is -2.03. The number of rotatable bonds is 5. The van der Waals surface area contributed by atoms with Gasteiger partial charge in [0.15, 0.2) is 0 Å². The smallest absolute Gasteiger partial charge is 0.140 e. The molecule has 0 saturated heterocycles. The van der Waals surface area contributed by atoms with Gasteiger partial charge in [0.1, 0.15) is 17.9 Å². The van der Waals surface area contributed by atoms with Gasteiger partial charge in [-0.15, -0.1) is 0 Å². The zero-order valence-corrected chi connectivity index (χ0v) is 9.47. The van der Waals surface area contributed by atoms with Crippen LogP contribution in [0.5, 0.6) is 0 Å². The largest absolute Gasteiger partial charge is 0.361 e. The third-order valence-corrected chi connectivity index (χ3v) is 2.26. The summed E-state index contributed by atoms with van der Waals surface area (Å²) >= 11 is 0. The van der Waals surface area contributed by atoms with Crippen LogP contribution >= 0.6 is 0 Å². The number of aryl methyl sites for hydroxylation is 2. The van der Waals surface area contributed by atoms with Crippen molar-refractivity contribution in [3.8, 4) is 0 Å². The number of aromatic nitrogens is 4. The summed E-state index contributed by atoms with van der Waals surface area (Å²) in [7, 11) is 0. The van der Waals surface area contributed by atoms with Crippen LogP contribution in [0.15, 0.2) is 16.9 Å². The first kappa shape index (κ1) is 10.8. The summed E-state index contributed by atoms with van der Waals surface area (Å²) in [6.07, 6.45) is 1.57. The topological polar surface area (TPSA) is 68.8 Å². The van der Waals surface area contributed by atoms with E-state index in [0.29, 0.717) is 13.1 Å². The van der Waals surface area contributed by atoms with Crippen LogP contribution in [0.2, 0.25) is 0 Å². The first-order valence-corrected chi connectivity index (χ1v) is 5.29. The van der Waals surface area contributed by atoms with E-state index in [0.717, 1.165) is 23.8 Å². The predicted molar refractivity (Wildman–Crippen MR) is 57.5 cm³/mol. The zero-order chi connectivity index (χ0) is 11.4. The molecule has 0 aliphatic carbocycles. The average molecular weight is 221 g/mol. The molecule has 2 aromatic heterocycles. The molecule has 2 heterocycles. The van der Waals surface area contributed by atoms with Crippen LogP contribution in [0.25, 0.3) is 0 Å². The lowest BCUT2D eigenvalue weighted by Crippen LogP contribution is -2.17. The lowest BCUT2D eigenvalue weighted by atomic mass is 10.4. The van der Waals surface area contributed by atoms with Crippen LogP contribution in [-0.4, -0.2) is 19.9 Å². The molecule has 16 heavy (non-hydrogen) atoms. The molecule has 6 nitrogen and oxygen atoms in total. The van der Waals surface area contributed by atoms with E-state index in [1.807, 2.05) is 24.6 Å². The van der Waals surface area contributed by atoms with Crippen LogP contribution in [0.3, 0.4) is 0 Å². The summed E-state index contributed by atoms with van der Waals surface area (Å²) in [5, 5.41) is 11.2. The summed E-state index contributed by atoms with van der Waals surface area (Å²) in [5.41, 5.74) is 0.903. The molecule has 0 atom stereocenters. The average Bonchev–Trinajstić information content (AvgIpc) is 2.87. The monoisotopic (exact) mass is 221 g/mol. The van der Waals surface area contributed by atoms with Gasteiger partial charge in [0.25, 0.3) is 0 Å². The molecule has 0 aromatic carbocycles. The van der Waals surface area contributed by atoms with Gasteiger partial charge in [-0.3, -0.25) is 0 Å². The number of nitrogens with one attached hydrogen (secondary N) is 1. The van der Waals surface area contributed by atoms with E-state index >= 15 is 0 Å². The van der Waals surface area contributed by atoms with Crippen LogP contribution < -0.4 is 5.32 Å². The van der Waals surface area contributed by atoms with Gasteiger partial charge in [0, 0.05) is 19.2 Å². The molecule has 0 bridgehead atoms. The Morgan fingerprint density at radius 1 is 1.44 bits per heavy atom. The molecule has 0 saturated carbocycles. The molecule has 2 rings (SSSR count). The minimum absolute atomic E-state index is 0.675. The number of nitrogens with zero attached hydrogens (tertiary/aromatic N) is 4. The molecular formula is C10H15N5O. The zero-order valence-electron chi connectivity index (χ0n) is 9.47. The molecule has 0 radical (unpaired) electrons. The van der Waals surface area contributed by atoms with Gasteiger partial charge in [-0.25, -0.2) is 9.67 Å². The van der Waals surface area contributed by atoms with Crippen molar-refractivity contribution in [1.82, 2.24) is 25.2 Å². The maximum atomic E-state index is 4.97. The van der Waals surface area contributed by atoms with Gasteiger partial charge < -0.3 is 9.84 Å². The van der Waals surface area contributed by atoms with E-state index in [9.17, 15) is 0 Å². The Hall–Kier alpha value is -1.69. The van der Waals surface area contributed by atoms with Crippen LogP contribution in [0, 0.1) is 6.92 Å². The van der Waals surface area contributed by atoms with Crippen molar-refractivity contribution in [2.45, 2.75) is 33.5 Å². The third kappa shape index (κ3) is 2.46. The summed E-state index contributed by atoms with van der Waals surface area (Å²) in [5.74, 6) is 1.76. The highest BCUT2D eigenvalue weighted by Gasteiger charge is 2.03. The maximum Gasteiger partial charge on any atom is 0.140 e. The second-order valence-electron chi connectivity index (χ2n) is 3.52. The Labute approximate surface area is 93.7 Å². The first-order chi connectivity index (χ1) is 7.79. The van der Waals surface area contributed by atoms with E-state index in [2.05, 4.69) is 20.6 Å². The molecule has 1 N–H and O–H groups in total. The predicted octanol–water partition coefficient (Wildman–Crippen LogP) is 0.884. The maximum absolute atomic E-state index is 4.97. The van der Waals surface area contributed by atoms with Crippen LogP contribution in [0.1, 0.15) is 24.2 Å². The Bertz CT molecular complexity index is 448. The van der Waals surface area contributed by atoms with Gasteiger partial charge in [-0.1, -0.05) is 5.16 Å². The van der Waals surface area contributed by atoms with Gasteiger partial charge in [-0.2, -0.15) is 5.10 Å². The molecule has 0 aliphatic rings. The second kappa shape index (κ2) is 4.89. The minimum atomic E-state index is 0.675. The molecule has 0 amide bonds. The summed E-state index contributed by atoms with van der Waals surface area (Å²) in [6, 6.07) is 1.91. The molecular weight excluding hydrogens is 206 g/mol. The minimum Gasteiger partial charge on any atom is -0.361 e. The SMILES string of the molecule is CCn1ncnc1CNCc1cc(C)on1. The van der Waals surface area contributed by atoms with E-state index < -0.39 is 0 Å². The van der Waals surface area contributed by atoms with Crippen molar-refractivity contribution >= 4 is 0 Å². The van der Waals surface area contributed by atoms with Gasteiger partial charge in [0.2, 0.25) is 0 Å². The van der Waals surface area contributed by atoms with Crippen molar-refractivity contribution in [2.24, 2.45) is 0 Å². The van der Waals surface area contributed by atoms with Crippen LogP contribution in [-0.2, 0) is 19.6 Å². The van der Waals surface area contributed by atoms with Gasteiger partial charge in [0.05, 0.1) is 12.2 Å². The van der Waals surface area contributed by atoms with Crippen molar-refractivity contribution < 1.29 is 4.52 Å². The normalized spacial score (nSPS) is 10.9. The third-order valence-electron chi connectivity index (χ3n) is 2.26. The molecule has 2 aromatic rings. The number of hydrogen-bond donors (Lipinski definition) is 1. The highest BCUT2D eigenvalue weighted by molar-refractivity contribution is 5.03. The Balaban J connectivity index is 1.84. The fourth-order valence-corrected chi connectivity index (χ4v) is 1.49. The summed E-state index contributed by atoms with van der Waals surface area (Å²) in [6.45, 7) is 6.11. The highest BCUT2D eigenvalue weighted by Crippen LogP contribution is 2.01. The van der Waals surface area contributed by atoms with E-state index in [-0.39, 0.29) is 0 Å². The van der Waals surface area contributed by atoms with Crippen molar-refractivity contribution in [2.75, 3.05) is 0 Å². The number of hydrogen-bond acceptors (Lipinski definition) is 5. The molecule has 0 fully saturated rings. The summed E-state index contributed by atoms with van der Waals surface area (Å²) < 4.78 is 6.84. The fourth-order valence-electron chi connectivity index (χ4n) is 1.49. The molecule has 0 spiro atoms. The lowest BCUT2D eigenvalue weighted by molar-refractivity contribution is 0.387. The van der Waals surface area contributed by atoms with Gasteiger partial charge >= 0.3 is 0 Å². The quantitative estimate of drug-likeness (QED) is 0.811. The van der Waals surface area contributed by atoms with E-state index in [1.54, 1.807) is 6.33 Å². The van der Waals surface area contributed by atoms with Crippen molar-refractivity contribution in [3.05, 3.63) is 29.7 Å².